The van der Waals surface area contributed by atoms with Crippen LogP contribution in [0.2, 0.25) is 0 Å². The fourth-order valence-corrected chi connectivity index (χ4v) is 2.41. The molecule has 1 aromatic rings. The van der Waals surface area contributed by atoms with Crippen molar-refractivity contribution in [3.05, 3.63) is 29.8 Å². The predicted octanol–water partition coefficient (Wildman–Crippen LogP) is 1.52. The maximum Gasteiger partial charge on any atom is 0.0936 e. The molecule has 0 aliphatic carbocycles. The minimum atomic E-state index is 0.529. The minimum absolute atomic E-state index is 0.529. The molecule has 0 spiro atoms. The van der Waals surface area contributed by atoms with Crippen molar-refractivity contribution in [3.8, 4) is 0 Å². The first-order valence-corrected chi connectivity index (χ1v) is 6.47. The molecule has 0 radical (unpaired) electrons. The Bertz CT molecular complexity index is 364. The maximum atomic E-state index is 5.28. The third-order valence-corrected chi connectivity index (χ3v) is 3.64. The quantitative estimate of drug-likeness (QED) is 0.736. The summed E-state index contributed by atoms with van der Waals surface area (Å²) in [4.78, 5) is 4.99. The molecule has 0 amide bonds. The first kappa shape index (κ1) is 11.1. The molecule has 1 aromatic carbocycles. The van der Waals surface area contributed by atoms with Crippen molar-refractivity contribution in [2.45, 2.75) is 13.0 Å². The van der Waals surface area contributed by atoms with E-state index in [1.165, 1.54) is 11.3 Å². The van der Waals surface area contributed by atoms with E-state index in [-0.39, 0.29) is 0 Å². The number of aryl methyl sites for hydroxylation is 1. The summed E-state index contributed by atoms with van der Waals surface area (Å²) < 4.78 is 5.28. The van der Waals surface area contributed by atoms with Gasteiger partial charge in [0.15, 0.2) is 0 Å². The van der Waals surface area contributed by atoms with Crippen LogP contribution in [0.5, 0.6) is 0 Å². The van der Waals surface area contributed by atoms with Gasteiger partial charge in [-0.25, -0.2) is 0 Å². The molecule has 1 unspecified atom stereocenters. The van der Waals surface area contributed by atoms with Crippen molar-refractivity contribution in [2.24, 2.45) is 0 Å². The Balaban J connectivity index is 1.54. The van der Waals surface area contributed by atoms with Crippen LogP contribution < -0.4 is 4.90 Å². The second-order valence-electron chi connectivity index (χ2n) is 5.08. The van der Waals surface area contributed by atoms with E-state index in [0.29, 0.717) is 6.10 Å². The van der Waals surface area contributed by atoms with Gasteiger partial charge in [0.2, 0.25) is 0 Å². The number of piperazine rings is 1. The number of rotatable bonds is 3. The van der Waals surface area contributed by atoms with E-state index in [1.54, 1.807) is 0 Å². The van der Waals surface area contributed by atoms with E-state index in [0.717, 1.165) is 39.3 Å². The van der Waals surface area contributed by atoms with Crippen molar-refractivity contribution in [2.75, 3.05) is 44.2 Å². The topological polar surface area (TPSA) is 19.0 Å². The molecule has 1 atom stereocenters. The highest BCUT2D eigenvalue weighted by Crippen LogP contribution is 2.18. The number of ether oxygens (including phenoxy) is 1. The second kappa shape index (κ2) is 4.67. The lowest BCUT2D eigenvalue weighted by atomic mass is 10.2. The summed E-state index contributed by atoms with van der Waals surface area (Å²) in [5.41, 5.74) is 2.69. The van der Waals surface area contributed by atoms with Crippen molar-refractivity contribution < 1.29 is 4.74 Å². The molecular weight excluding hydrogens is 212 g/mol. The van der Waals surface area contributed by atoms with Crippen molar-refractivity contribution in [1.82, 2.24) is 4.90 Å². The highest BCUT2D eigenvalue weighted by Gasteiger charge is 2.27. The second-order valence-corrected chi connectivity index (χ2v) is 5.08. The molecule has 3 nitrogen and oxygen atoms in total. The summed E-state index contributed by atoms with van der Waals surface area (Å²) in [6, 6.07) is 8.85. The fourth-order valence-electron chi connectivity index (χ4n) is 2.41. The lowest BCUT2D eigenvalue weighted by molar-refractivity contribution is 0.230. The Hall–Kier alpha value is -1.06. The van der Waals surface area contributed by atoms with Crippen LogP contribution in [0.4, 0.5) is 5.69 Å². The Morgan fingerprint density at radius 2 is 1.76 bits per heavy atom. The summed E-state index contributed by atoms with van der Waals surface area (Å²) in [6.45, 7) is 8.82. The first-order chi connectivity index (χ1) is 8.31. The molecule has 2 saturated heterocycles. The molecule has 0 bridgehead atoms. The summed E-state index contributed by atoms with van der Waals surface area (Å²) in [7, 11) is 0. The van der Waals surface area contributed by atoms with Crippen LogP contribution in [0.3, 0.4) is 0 Å². The number of hydrogen-bond acceptors (Lipinski definition) is 3. The molecule has 2 heterocycles. The van der Waals surface area contributed by atoms with E-state index in [9.17, 15) is 0 Å². The van der Waals surface area contributed by atoms with Gasteiger partial charge in [0.1, 0.15) is 0 Å². The van der Waals surface area contributed by atoms with Crippen LogP contribution in [-0.4, -0.2) is 50.3 Å². The highest BCUT2D eigenvalue weighted by atomic mass is 16.6. The Morgan fingerprint density at radius 3 is 2.35 bits per heavy atom. The molecule has 0 saturated carbocycles. The molecular formula is C14H20N2O. The van der Waals surface area contributed by atoms with E-state index >= 15 is 0 Å². The van der Waals surface area contributed by atoms with Crippen molar-refractivity contribution in [3.63, 3.8) is 0 Å². The maximum absolute atomic E-state index is 5.28. The summed E-state index contributed by atoms with van der Waals surface area (Å²) in [5, 5.41) is 0. The lowest BCUT2D eigenvalue weighted by Gasteiger charge is -2.35. The van der Waals surface area contributed by atoms with Gasteiger partial charge >= 0.3 is 0 Å². The highest BCUT2D eigenvalue weighted by molar-refractivity contribution is 5.47. The van der Waals surface area contributed by atoms with Crippen LogP contribution in [0.15, 0.2) is 24.3 Å². The first-order valence-electron chi connectivity index (χ1n) is 6.47. The molecule has 3 heteroatoms. The Kier molecular flexibility index (Phi) is 3.04. The third-order valence-electron chi connectivity index (χ3n) is 3.64. The molecule has 2 aliphatic heterocycles. The van der Waals surface area contributed by atoms with Crippen LogP contribution in [0, 0.1) is 6.92 Å². The minimum Gasteiger partial charge on any atom is -0.372 e. The molecule has 0 N–H and O–H groups in total. The van der Waals surface area contributed by atoms with Crippen LogP contribution >= 0.6 is 0 Å². The number of epoxide rings is 1. The Morgan fingerprint density at radius 1 is 1.12 bits per heavy atom. The standard InChI is InChI=1S/C14H20N2O/c1-12-2-4-13(5-3-12)16-8-6-15(7-9-16)10-14-11-17-14/h2-5,14H,6-11H2,1H3. The number of nitrogens with zero attached hydrogens (tertiary/aromatic N) is 2. The Labute approximate surface area is 103 Å². The molecule has 2 aliphatic rings. The van der Waals surface area contributed by atoms with Gasteiger partial charge in [-0.2, -0.15) is 0 Å². The zero-order valence-corrected chi connectivity index (χ0v) is 10.4. The van der Waals surface area contributed by atoms with Crippen molar-refractivity contribution >= 4 is 5.69 Å². The van der Waals surface area contributed by atoms with E-state index in [4.69, 9.17) is 4.74 Å². The summed E-state index contributed by atoms with van der Waals surface area (Å²) in [6.07, 6.45) is 0.529. The largest absolute Gasteiger partial charge is 0.372 e. The molecule has 17 heavy (non-hydrogen) atoms. The zero-order chi connectivity index (χ0) is 11.7. The van der Waals surface area contributed by atoms with Gasteiger partial charge in [-0.3, -0.25) is 4.90 Å². The SMILES string of the molecule is Cc1ccc(N2CCN(CC3CO3)CC2)cc1. The van der Waals surface area contributed by atoms with Gasteiger partial charge in [-0.1, -0.05) is 17.7 Å². The normalized spacial score (nSPS) is 25.0. The van der Waals surface area contributed by atoms with Gasteiger partial charge in [-0.15, -0.1) is 0 Å². The van der Waals surface area contributed by atoms with E-state index in [1.807, 2.05) is 0 Å². The van der Waals surface area contributed by atoms with Gasteiger partial charge < -0.3 is 9.64 Å². The number of hydrogen-bond donors (Lipinski definition) is 0. The summed E-state index contributed by atoms with van der Waals surface area (Å²) in [5.74, 6) is 0. The lowest BCUT2D eigenvalue weighted by Crippen LogP contribution is -2.47. The van der Waals surface area contributed by atoms with Gasteiger partial charge in [0.25, 0.3) is 0 Å². The molecule has 0 aromatic heterocycles. The third kappa shape index (κ3) is 2.79. The number of anilines is 1. The smallest absolute Gasteiger partial charge is 0.0936 e. The molecule has 2 fully saturated rings. The van der Waals surface area contributed by atoms with Crippen LogP contribution in [-0.2, 0) is 4.74 Å². The van der Waals surface area contributed by atoms with Gasteiger partial charge in [0.05, 0.1) is 12.7 Å². The van der Waals surface area contributed by atoms with Gasteiger partial charge in [0, 0.05) is 38.4 Å². The van der Waals surface area contributed by atoms with Crippen molar-refractivity contribution in [1.29, 1.82) is 0 Å². The summed E-state index contributed by atoms with van der Waals surface area (Å²) >= 11 is 0. The number of benzene rings is 1. The predicted molar refractivity (Wildman–Crippen MR) is 69.6 cm³/mol. The molecule has 3 rings (SSSR count). The fraction of sp³-hybridized carbons (Fsp3) is 0.571. The van der Waals surface area contributed by atoms with Crippen LogP contribution in [0.1, 0.15) is 5.56 Å². The van der Waals surface area contributed by atoms with E-state index in [2.05, 4.69) is 41.0 Å². The average Bonchev–Trinajstić information content (AvgIpc) is 3.15. The molecule has 92 valence electrons. The average molecular weight is 232 g/mol. The van der Waals surface area contributed by atoms with Crippen LogP contribution in [0.25, 0.3) is 0 Å². The van der Waals surface area contributed by atoms with E-state index < -0.39 is 0 Å². The zero-order valence-electron chi connectivity index (χ0n) is 10.4. The monoisotopic (exact) mass is 232 g/mol. The van der Waals surface area contributed by atoms with Gasteiger partial charge in [-0.05, 0) is 19.1 Å².